The molecule has 2 N–H and O–H groups in total. The summed E-state index contributed by atoms with van der Waals surface area (Å²) in [4.78, 5) is 19.0. The third kappa shape index (κ3) is 8.41. The lowest BCUT2D eigenvalue weighted by molar-refractivity contribution is -0.121. The van der Waals surface area contributed by atoms with Crippen LogP contribution in [0.5, 0.6) is 0 Å². The minimum atomic E-state index is 0. The van der Waals surface area contributed by atoms with E-state index in [-0.39, 0.29) is 29.9 Å². The van der Waals surface area contributed by atoms with Crippen molar-refractivity contribution in [3.63, 3.8) is 0 Å². The van der Waals surface area contributed by atoms with Crippen LogP contribution in [0.2, 0.25) is 0 Å². The maximum Gasteiger partial charge on any atom is 0.220 e. The van der Waals surface area contributed by atoms with Gasteiger partial charge in [-0.25, -0.2) is 0 Å². The van der Waals surface area contributed by atoms with Crippen molar-refractivity contribution in [3.8, 4) is 0 Å². The predicted molar refractivity (Wildman–Crippen MR) is 117 cm³/mol. The molecule has 26 heavy (non-hydrogen) atoms. The van der Waals surface area contributed by atoms with E-state index in [0.717, 1.165) is 45.0 Å². The number of hydrogen-bond donors (Lipinski definition) is 2. The zero-order valence-corrected chi connectivity index (χ0v) is 18.8. The zero-order chi connectivity index (χ0) is 17.9. The summed E-state index contributed by atoms with van der Waals surface area (Å²) >= 11 is 0. The van der Waals surface area contributed by atoms with Crippen LogP contribution >= 0.6 is 24.0 Å². The normalized spacial score (nSPS) is 19.3. The Kier molecular flexibility index (Phi) is 12.3. The molecule has 0 atom stereocenters. The number of ether oxygens (including phenoxy) is 1. The van der Waals surface area contributed by atoms with Gasteiger partial charge < -0.3 is 20.3 Å². The van der Waals surface area contributed by atoms with Gasteiger partial charge in [0.1, 0.15) is 0 Å². The van der Waals surface area contributed by atoms with Gasteiger partial charge in [0.05, 0.1) is 12.6 Å². The second-order valence-electron chi connectivity index (χ2n) is 7.08. The molecule has 0 aromatic carbocycles. The van der Waals surface area contributed by atoms with Crippen LogP contribution in [-0.2, 0) is 9.53 Å². The van der Waals surface area contributed by atoms with Crippen LogP contribution in [-0.4, -0.2) is 62.2 Å². The summed E-state index contributed by atoms with van der Waals surface area (Å²) in [5.74, 6) is 1.75. The van der Waals surface area contributed by atoms with Crippen LogP contribution in [0, 0.1) is 5.92 Å². The Bertz CT molecular complexity index is 420. The Morgan fingerprint density at radius 3 is 2.42 bits per heavy atom. The van der Waals surface area contributed by atoms with E-state index in [1.165, 1.54) is 25.7 Å². The number of carbonyl (C=O) groups excluding carboxylic acids is 1. The molecule has 6 nitrogen and oxygen atoms in total. The second-order valence-corrected chi connectivity index (χ2v) is 7.08. The number of guanidine groups is 1. The topological polar surface area (TPSA) is 66.0 Å². The maximum atomic E-state index is 12.0. The van der Waals surface area contributed by atoms with E-state index >= 15 is 0 Å². The predicted octanol–water partition coefficient (Wildman–Crippen LogP) is 2.77. The van der Waals surface area contributed by atoms with Gasteiger partial charge in [-0.3, -0.25) is 9.79 Å². The van der Waals surface area contributed by atoms with Crippen molar-refractivity contribution < 1.29 is 9.53 Å². The molecule has 0 aromatic rings. The first-order chi connectivity index (χ1) is 12.2. The lowest BCUT2D eigenvalue weighted by Gasteiger charge is -2.34. The number of halogens is 1. The van der Waals surface area contributed by atoms with Crippen molar-refractivity contribution in [3.05, 3.63) is 0 Å². The Hall–Kier alpha value is -0.570. The molecule has 2 fully saturated rings. The smallest absolute Gasteiger partial charge is 0.220 e. The third-order valence-corrected chi connectivity index (χ3v) is 5.12. The monoisotopic (exact) mass is 480 g/mol. The quantitative estimate of drug-likeness (QED) is 0.243. The van der Waals surface area contributed by atoms with E-state index in [9.17, 15) is 4.79 Å². The number of nitrogens with zero attached hydrogens (tertiary/aromatic N) is 2. The summed E-state index contributed by atoms with van der Waals surface area (Å²) in [6, 6.07) is 0. The molecule has 152 valence electrons. The summed E-state index contributed by atoms with van der Waals surface area (Å²) < 4.78 is 5.72. The van der Waals surface area contributed by atoms with Gasteiger partial charge in [0.15, 0.2) is 5.96 Å². The van der Waals surface area contributed by atoms with Crippen LogP contribution in [0.1, 0.15) is 58.8 Å². The van der Waals surface area contributed by atoms with Crippen molar-refractivity contribution in [1.29, 1.82) is 0 Å². The van der Waals surface area contributed by atoms with Crippen molar-refractivity contribution in [2.24, 2.45) is 10.9 Å². The fraction of sp³-hybridized carbons (Fsp3) is 0.895. The van der Waals surface area contributed by atoms with Gasteiger partial charge in [0.2, 0.25) is 5.91 Å². The Morgan fingerprint density at radius 2 is 1.81 bits per heavy atom. The molecule has 0 spiro atoms. The van der Waals surface area contributed by atoms with Gasteiger partial charge in [-0.15, -0.1) is 24.0 Å². The summed E-state index contributed by atoms with van der Waals surface area (Å²) in [5.41, 5.74) is 0. The van der Waals surface area contributed by atoms with Crippen LogP contribution in [0.3, 0.4) is 0 Å². The molecule has 2 rings (SSSR count). The molecular weight excluding hydrogens is 443 g/mol. The average molecular weight is 480 g/mol. The average Bonchev–Trinajstić information content (AvgIpc) is 3.11. The first kappa shape index (κ1) is 23.5. The lowest BCUT2D eigenvalue weighted by Crippen LogP contribution is -2.47. The van der Waals surface area contributed by atoms with Gasteiger partial charge in [-0.05, 0) is 45.4 Å². The number of aliphatic imine (C=N–C) groups is 1. The van der Waals surface area contributed by atoms with E-state index in [1.807, 2.05) is 0 Å². The van der Waals surface area contributed by atoms with Gasteiger partial charge in [0, 0.05) is 39.2 Å². The molecule has 2 aliphatic rings. The summed E-state index contributed by atoms with van der Waals surface area (Å²) in [6.07, 6.45) is 8.19. The van der Waals surface area contributed by atoms with Gasteiger partial charge in [-0.1, -0.05) is 12.8 Å². The summed E-state index contributed by atoms with van der Waals surface area (Å²) in [5, 5.41) is 6.39. The highest BCUT2D eigenvalue weighted by molar-refractivity contribution is 14.0. The highest BCUT2D eigenvalue weighted by Crippen LogP contribution is 2.27. The fourth-order valence-electron chi connectivity index (χ4n) is 3.80. The third-order valence-electron chi connectivity index (χ3n) is 5.12. The number of carbonyl (C=O) groups is 1. The second kappa shape index (κ2) is 13.6. The SMILES string of the molecule is CCNC(=NCCNC(=O)CC1CCCC1)N1CCC(OCC)CC1.I. The van der Waals surface area contributed by atoms with Crippen molar-refractivity contribution in [2.45, 2.75) is 64.9 Å². The molecule has 0 unspecified atom stereocenters. The molecule has 7 heteroatoms. The van der Waals surface area contributed by atoms with E-state index in [1.54, 1.807) is 0 Å². The number of hydrogen-bond acceptors (Lipinski definition) is 3. The van der Waals surface area contributed by atoms with E-state index < -0.39 is 0 Å². The number of rotatable bonds is 8. The summed E-state index contributed by atoms with van der Waals surface area (Å²) in [7, 11) is 0. The lowest BCUT2D eigenvalue weighted by atomic mass is 10.0. The van der Waals surface area contributed by atoms with Crippen molar-refractivity contribution >= 4 is 35.8 Å². The largest absolute Gasteiger partial charge is 0.378 e. The molecule has 0 bridgehead atoms. The number of amides is 1. The molecular formula is C19H37IN4O2. The van der Waals surface area contributed by atoms with Gasteiger partial charge in [0.25, 0.3) is 0 Å². The first-order valence-corrected chi connectivity index (χ1v) is 10.1. The van der Waals surface area contributed by atoms with E-state index in [4.69, 9.17) is 4.74 Å². The van der Waals surface area contributed by atoms with Crippen LogP contribution in [0.15, 0.2) is 4.99 Å². The van der Waals surface area contributed by atoms with E-state index in [0.29, 0.717) is 31.5 Å². The van der Waals surface area contributed by atoms with Crippen LogP contribution in [0.25, 0.3) is 0 Å². The standard InChI is InChI=1S/C19H36N4O2.HI/c1-3-20-19(23-13-9-17(10-14-23)25-4-2)22-12-11-21-18(24)15-16-7-5-6-8-16;/h16-17H,3-15H2,1-2H3,(H,20,22)(H,21,24);1H. The molecule has 1 amide bonds. The molecule has 0 aromatic heterocycles. The highest BCUT2D eigenvalue weighted by atomic mass is 127. The fourth-order valence-corrected chi connectivity index (χ4v) is 3.80. The van der Waals surface area contributed by atoms with Crippen LogP contribution < -0.4 is 10.6 Å². The zero-order valence-electron chi connectivity index (χ0n) is 16.5. The molecule has 0 radical (unpaired) electrons. The Balaban J connectivity index is 0.00000338. The molecule has 1 heterocycles. The Morgan fingerprint density at radius 1 is 1.12 bits per heavy atom. The first-order valence-electron chi connectivity index (χ1n) is 10.1. The minimum absolute atomic E-state index is 0. The molecule has 1 saturated heterocycles. The van der Waals surface area contributed by atoms with Crippen molar-refractivity contribution in [1.82, 2.24) is 15.5 Å². The molecule has 1 aliphatic heterocycles. The number of piperidine rings is 1. The summed E-state index contributed by atoms with van der Waals surface area (Å²) in [6.45, 7) is 9.00. The number of nitrogens with one attached hydrogen (secondary N) is 2. The highest BCUT2D eigenvalue weighted by Gasteiger charge is 2.21. The Labute approximate surface area is 175 Å². The minimum Gasteiger partial charge on any atom is -0.378 e. The number of likely N-dealkylation sites (tertiary alicyclic amines) is 1. The van der Waals surface area contributed by atoms with Crippen molar-refractivity contribution in [2.75, 3.05) is 39.3 Å². The van der Waals surface area contributed by atoms with E-state index in [2.05, 4.69) is 34.4 Å². The molecule has 1 saturated carbocycles. The van der Waals surface area contributed by atoms with Gasteiger partial charge in [-0.2, -0.15) is 0 Å². The molecule has 1 aliphatic carbocycles. The van der Waals surface area contributed by atoms with Crippen LogP contribution in [0.4, 0.5) is 0 Å². The maximum absolute atomic E-state index is 12.0. The van der Waals surface area contributed by atoms with Gasteiger partial charge >= 0.3 is 0 Å².